The van der Waals surface area contributed by atoms with E-state index in [4.69, 9.17) is 9.15 Å². The van der Waals surface area contributed by atoms with E-state index in [2.05, 4.69) is 10.2 Å². The van der Waals surface area contributed by atoms with Gasteiger partial charge in [-0.2, -0.15) is 0 Å². The van der Waals surface area contributed by atoms with Crippen LogP contribution in [0.4, 0.5) is 0 Å². The summed E-state index contributed by atoms with van der Waals surface area (Å²) < 4.78 is 9.90. The van der Waals surface area contributed by atoms with Crippen molar-refractivity contribution in [3.05, 3.63) is 30.7 Å². The minimum Gasteiger partial charge on any atom is -0.546 e. The lowest BCUT2D eigenvalue weighted by Gasteiger charge is -2.06. The number of carbonyl (C=O) groups is 1. The molecule has 0 aliphatic carbocycles. The lowest BCUT2D eigenvalue weighted by atomic mass is 10.2. The summed E-state index contributed by atoms with van der Waals surface area (Å²) in [5.74, 6) is -0.431. The van der Waals surface area contributed by atoms with E-state index in [1.165, 1.54) is 6.39 Å². The fraction of sp³-hybridized carbons (Fsp3) is 0.100. The van der Waals surface area contributed by atoms with E-state index in [1.807, 2.05) is 0 Å². The molecule has 1 heterocycles. The van der Waals surface area contributed by atoms with Gasteiger partial charge in [-0.05, 0) is 24.3 Å². The van der Waals surface area contributed by atoms with Crippen molar-refractivity contribution < 1.29 is 19.1 Å². The summed E-state index contributed by atoms with van der Waals surface area (Å²) >= 11 is 0. The molecule has 0 aliphatic rings. The third-order valence-corrected chi connectivity index (χ3v) is 1.82. The molecule has 0 unspecified atom stereocenters. The third-order valence-electron chi connectivity index (χ3n) is 1.82. The zero-order valence-electron chi connectivity index (χ0n) is 8.12. The van der Waals surface area contributed by atoms with Crippen LogP contribution in [0.1, 0.15) is 0 Å². The minimum atomic E-state index is -1.26. The van der Waals surface area contributed by atoms with Gasteiger partial charge in [-0.3, -0.25) is 0 Å². The number of carboxylic acid groups (broad SMARTS) is 1. The number of nitrogens with zero attached hydrogens (tertiary/aromatic N) is 2. The molecule has 0 N–H and O–H groups in total. The molecule has 0 fully saturated rings. The van der Waals surface area contributed by atoms with Crippen LogP contribution in [0.5, 0.6) is 5.75 Å². The quantitative estimate of drug-likeness (QED) is 0.711. The van der Waals surface area contributed by atoms with Gasteiger partial charge in [-0.1, -0.05) is 0 Å². The first kappa shape index (κ1) is 10.2. The number of aromatic nitrogens is 2. The Morgan fingerprint density at radius 3 is 2.69 bits per heavy atom. The van der Waals surface area contributed by atoms with Crippen molar-refractivity contribution in [2.24, 2.45) is 0 Å². The molecule has 0 saturated carbocycles. The summed E-state index contributed by atoms with van der Waals surface area (Å²) in [6.45, 7) is -0.472. The summed E-state index contributed by atoms with van der Waals surface area (Å²) in [6.07, 6.45) is 1.23. The average Bonchev–Trinajstić information content (AvgIpc) is 2.80. The number of hydrogen-bond donors (Lipinski definition) is 0. The van der Waals surface area contributed by atoms with Crippen LogP contribution in [-0.2, 0) is 4.79 Å². The average molecular weight is 219 g/mol. The van der Waals surface area contributed by atoms with E-state index in [1.54, 1.807) is 24.3 Å². The molecule has 0 radical (unpaired) electrons. The van der Waals surface area contributed by atoms with Gasteiger partial charge in [0.15, 0.2) is 0 Å². The van der Waals surface area contributed by atoms with Gasteiger partial charge in [0.2, 0.25) is 12.3 Å². The lowest BCUT2D eigenvalue weighted by Crippen LogP contribution is -2.28. The molecule has 0 bridgehead atoms. The molecule has 0 saturated heterocycles. The SMILES string of the molecule is O=C([O-])COc1ccc(-c2nnco2)cc1. The maximum atomic E-state index is 10.2. The van der Waals surface area contributed by atoms with Crippen LogP contribution in [-0.4, -0.2) is 22.8 Å². The fourth-order valence-corrected chi connectivity index (χ4v) is 1.13. The Labute approximate surface area is 90.5 Å². The van der Waals surface area contributed by atoms with E-state index in [0.29, 0.717) is 11.6 Å². The number of carboxylic acids is 1. The molecule has 1 aromatic heterocycles. The van der Waals surface area contributed by atoms with Crippen LogP contribution in [0, 0.1) is 0 Å². The Balaban J connectivity index is 2.08. The molecule has 6 nitrogen and oxygen atoms in total. The predicted molar refractivity (Wildman–Crippen MR) is 50.2 cm³/mol. The second-order valence-corrected chi connectivity index (χ2v) is 2.93. The van der Waals surface area contributed by atoms with Gasteiger partial charge in [-0.15, -0.1) is 10.2 Å². The molecular formula is C10H7N2O4-. The van der Waals surface area contributed by atoms with Gasteiger partial charge in [0.05, 0.1) is 5.97 Å². The first-order valence-electron chi connectivity index (χ1n) is 4.45. The summed E-state index contributed by atoms with van der Waals surface area (Å²) in [5.41, 5.74) is 0.735. The zero-order valence-corrected chi connectivity index (χ0v) is 8.12. The van der Waals surface area contributed by atoms with Gasteiger partial charge in [0.25, 0.3) is 0 Å². The molecule has 0 amide bonds. The van der Waals surface area contributed by atoms with Crippen molar-refractivity contribution in [3.8, 4) is 17.2 Å². The number of rotatable bonds is 4. The Kier molecular flexibility index (Phi) is 2.81. The smallest absolute Gasteiger partial charge is 0.247 e. The third kappa shape index (κ3) is 2.35. The van der Waals surface area contributed by atoms with Crippen LogP contribution in [0.15, 0.2) is 35.1 Å². The number of ether oxygens (including phenoxy) is 1. The normalized spacial score (nSPS) is 10.0. The molecule has 16 heavy (non-hydrogen) atoms. The molecule has 0 aliphatic heterocycles. The van der Waals surface area contributed by atoms with Gasteiger partial charge in [-0.25, -0.2) is 0 Å². The standard InChI is InChI=1S/C10H8N2O4/c13-9(14)5-15-8-3-1-7(2-4-8)10-12-11-6-16-10/h1-4,6H,5H2,(H,13,14)/p-1. The summed E-state index contributed by atoms with van der Waals surface area (Å²) in [7, 11) is 0. The molecule has 0 spiro atoms. The van der Waals surface area contributed by atoms with Gasteiger partial charge < -0.3 is 19.1 Å². The minimum absolute atomic E-state index is 0.395. The molecular weight excluding hydrogens is 212 g/mol. The molecule has 6 heteroatoms. The second kappa shape index (κ2) is 4.43. The Hall–Kier alpha value is -2.37. The van der Waals surface area contributed by atoms with E-state index in [-0.39, 0.29) is 0 Å². The van der Waals surface area contributed by atoms with Crippen molar-refractivity contribution in [2.45, 2.75) is 0 Å². The number of aliphatic carboxylic acids is 1. The lowest BCUT2D eigenvalue weighted by molar-refractivity contribution is -0.307. The summed E-state index contributed by atoms with van der Waals surface area (Å²) in [4.78, 5) is 10.2. The zero-order chi connectivity index (χ0) is 11.4. The van der Waals surface area contributed by atoms with E-state index < -0.39 is 12.6 Å². The van der Waals surface area contributed by atoms with E-state index in [9.17, 15) is 9.90 Å². The Morgan fingerprint density at radius 2 is 2.12 bits per heavy atom. The number of carbonyl (C=O) groups excluding carboxylic acids is 1. The first-order chi connectivity index (χ1) is 7.75. The van der Waals surface area contributed by atoms with E-state index >= 15 is 0 Å². The highest BCUT2D eigenvalue weighted by atomic mass is 16.5. The van der Waals surface area contributed by atoms with Crippen LogP contribution in [0.25, 0.3) is 11.5 Å². The highest BCUT2D eigenvalue weighted by molar-refractivity contribution is 5.66. The van der Waals surface area contributed by atoms with Crippen molar-refractivity contribution in [1.82, 2.24) is 10.2 Å². The molecule has 2 rings (SSSR count). The van der Waals surface area contributed by atoms with Crippen molar-refractivity contribution in [3.63, 3.8) is 0 Å². The maximum absolute atomic E-state index is 10.2. The van der Waals surface area contributed by atoms with Crippen LogP contribution >= 0.6 is 0 Å². The largest absolute Gasteiger partial charge is 0.546 e. The molecule has 1 aromatic carbocycles. The maximum Gasteiger partial charge on any atom is 0.247 e. The van der Waals surface area contributed by atoms with Gasteiger partial charge >= 0.3 is 0 Å². The summed E-state index contributed by atoms with van der Waals surface area (Å²) in [6, 6.07) is 6.61. The van der Waals surface area contributed by atoms with Crippen LogP contribution in [0.3, 0.4) is 0 Å². The van der Waals surface area contributed by atoms with Crippen molar-refractivity contribution in [2.75, 3.05) is 6.61 Å². The second-order valence-electron chi connectivity index (χ2n) is 2.93. The number of benzene rings is 1. The van der Waals surface area contributed by atoms with Crippen molar-refractivity contribution >= 4 is 5.97 Å². The predicted octanol–water partition coefficient (Wildman–Crippen LogP) is -0.135. The monoisotopic (exact) mass is 219 g/mol. The number of hydrogen-bond acceptors (Lipinski definition) is 6. The molecule has 82 valence electrons. The highest BCUT2D eigenvalue weighted by Crippen LogP contribution is 2.19. The molecule has 2 aromatic rings. The highest BCUT2D eigenvalue weighted by Gasteiger charge is 2.02. The van der Waals surface area contributed by atoms with Crippen LogP contribution in [0.2, 0.25) is 0 Å². The van der Waals surface area contributed by atoms with Crippen LogP contribution < -0.4 is 9.84 Å². The van der Waals surface area contributed by atoms with Gasteiger partial charge in [0, 0.05) is 5.56 Å². The Bertz CT molecular complexity index is 464. The Morgan fingerprint density at radius 1 is 1.38 bits per heavy atom. The van der Waals surface area contributed by atoms with Gasteiger partial charge in [0.1, 0.15) is 12.4 Å². The van der Waals surface area contributed by atoms with E-state index in [0.717, 1.165) is 5.56 Å². The molecule has 0 atom stereocenters. The first-order valence-corrected chi connectivity index (χ1v) is 4.45. The van der Waals surface area contributed by atoms with Crippen molar-refractivity contribution in [1.29, 1.82) is 0 Å². The summed E-state index contributed by atoms with van der Waals surface area (Å²) in [5, 5.41) is 17.4. The fourth-order valence-electron chi connectivity index (χ4n) is 1.13. The topological polar surface area (TPSA) is 88.3 Å².